The number of aryl methyl sites for hydroxylation is 1. The summed E-state index contributed by atoms with van der Waals surface area (Å²) in [6.07, 6.45) is 1.54. The van der Waals surface area contributed by atoms with E-state index in [4.69, 9.17) is 0 Å². The van der Waals surface area contributed by atoms with Crippen molar-refractivity contribution in [2.45, 2.75) is 25.1 Å². The highest BCUT2D eigenvalue weighted by Gasteiger charge is 2.42. The summed E-state index contributed by atoms with van der Waals surface area (Å²) in [5.74, 6) is -0.796. The predicted molar refractivity (Wildman–Crippen MR) is 90.5 cm³/mol. The van der Waals surface area contributed by atoms with Gasteiger partial charge in [-0.3, -0.25) is 14.3 Å². The third-order valence-electron chi connectivity index (χ3n) is 4.59. The Labute approximate surface area is 145 Å². The molecule has 3 rings (SSSR count). The number of amides is 2. The molecular weight excluding hydrogens is 323 g/mol. The van der Waals surface area contributed by atoms with Crippen LogP contribution in [0.3, 0.4) is 0 Å². The molecule has 0 bridgehead atoms. The zero-order valence-electron chi connectivity index (χ0n) is 14.1. The molecule has 2 aromatic rings. The second-order valence-corrected chi connectivity index (χ2v) is 6.27. The molecule has 132 valence electrons. The van der Waals surface area contributed by atoms with Crippen LogP contribution in [0.25, 0.3) is 0 Å². The van der Waals surface area contributed by atoms with Gasteiger partial charge in [0.15, 0.2) is 5.67 Å². The zero-order valence-corrected chi connectivity index (χ0v) is 14.1. The van der Waals surface area contributed by atoms with E-state index in [-0.39, 0.29) is 31.8 Å². The molecule has 2 heterocycles. The van der Waals surface area contributed by atoms with Crippen LogP contribution in [0.15, 0.2) is 42.6 Å². The number of hydrogen-bond acceptors (Lipinski definition) is 3. The van der Waals surface area contributed by atoms with E-state index in [1.165, 1.54) is 4.68 Å². The third-order valence-corrected chi connectivity index (χ3v) is 4.59. The maximum Gasteiger partial charge on any atom is 0.272 e. The molecule has 1 N–H and O–H groups in total. The minimum Gasteiger partial charge on any atom is -0.349 e. The van der Waals surface area contributed by atoms with E-state index in [9.17, 15) is 14.0 Å². The monoisotopic (exact) mass is 344 g/mol. The number of carbonyl (C=O) groups excluding carboxylic acids is 2. The Kier molecular flexibility index (Phi) is 4.83. The fourth-order valence-corrected chi connectivity index (χ4v) is 2.97. The van der Waals surface area contributed by atoms with E-state index in [1.54, 1.807) is 24.2 Å². The molecule has 0 spiro atoms. The van der Waals surface area contributed by atoms with E-state index in [0.717, 1.165) is 5.56 Å². The SMILES string of the molecule is Cn1nccc1C(=O)N1CCC(F)(C(=O)NCc2ccccc2)CC1. The van der Waals surface area contributed by atoms with Gasteiger partial charge in [-0.2, -0.15) is 5.10 Å². The first-order valence-corrected chi connectivity index (χ1v) is 8.28. The molecular formula is C18H21FN4O2. The molecule has 1 saturated heterocycles. The van der Waals surface area contributed by atoms with E-state index in [0.29, 0.717) is 12.2 Å². The average molecular weight is 344 g/mol. The van der Waals surface area contributed by atoms with Crippen LogP contribution < -0.4 is 5.32 Å². The number of nitrogens with one attached hydrogen (secondary N) is 1. The summed E-state index contributed by atoms with van der Waals surface area (Å²) >= 11 is 0. The molecule has 25 heavy (non-hydrogen) atoms. The van der Waals surface area contributed by atoms with Crippen molar-refractivity contribution in [3.8, 4) is 0 Å². The number of hydrogen-bond donors (Lipinski definition) is 1. The van der Waals surface area contributed by atoms with Gasteiger partial charge in [-0.15, -0.1) is 0 Å². The molecule has 1 aromatic heterocycles. The van der Waals surface area contributed by atoms with Crippen LogP contribution in [0.2, 0.25) is 0 Å². The summed E-state index contributed by atoms with van der Waals surface area (Å²) in [6.45, 7) is 0.710. The second kappa shape index (κ2) is 7.04. The number of carbonyl (C=O) groups is 2. The number of aromatic nitrogens is 2. The first-order valence-electron chi connectivity index (χ1n) is 8.28. The van der Waals surface area contributed by atoms with Crippen LogP contribution in [-0.4, -0.2) is 45.3 Å². The van der Waals surface area contributed by atoms with Gasteiger partial charge in [0.25, 0.3) is 11.8 Å². The first-order chi connectivity index (χ1) is 12.0. The highest BCUT2D eigenvalue weighted by molar-refractivity contribution is 5.93. The van der Waals surface area contributed by atoms with E-state index < -0.39 is 11.6 Å². The normalized spacial score (nSPS) is 16.5. The van der Waals surface area contributed by atoms with Crippen molar-refractivity contribution in [1.82, 2.24) is 20.0 Å². The van der Waals surface area contributed by atoms with Crippen LogP contribution in [0.1, 0.15) is 28.9 Å². The minimum atomic E-state index is -1.93. The Bertz CT molecular complexity index is 751. The van der Waals surface area contributed by atoms with Crippen LogP contribution in [-0.2, 0) is 18.4 Å². The molecule has 2 amide bonds. The largest absolute Gasteiger partial charge is 0.349 e. The molecule has 6 nitrogen and oxygen atoms in total. The maximum atomic E-state index is 15.0. The van der Waals surface area contributed by atoms with Crippen LogP contribution in [0, 0.1) is 0 Å². The van der Waals surface area contributed by atoms with Gasteiger partial charge in [-0.25, -0.2) is 4.39 Å². The van der Waals surface area contributed by atoms with Gasteiger partial charge >= 0.3 is 0 Å². The number of halogens is 1. The maximum absolute atomic E-state index is 15.0. The highest BCUT2D eigenvalue weighted by Crippen LogP contribution is 2.27. The van der Waals surface area contributed by atoms with Crippen molar-refractivity contribution < 1.29 is 14.0 Å². The highest BCUT2D eigenvalue weighted by atomic mass is 19.1. The number of alkyl halides is 1. The van der Waals surface area contributed by atoms with E-state index in [2.05, 4.69) is 10.4 Å². The molecule has 0 radical (unpaired) electrons. The van der Waals surface area contributed by atoms with Gasteiger partial charge in [0.1, 0.15) is 5.69 Å². The fraction of sp³-hybridized carbons (Fsp3) is 0.389. The predicted octanol–water partition coefficient (Wildman–Crippen LogP) is 1.68. The van der Waals surface area contributed by atoms with E-state index in [1.807, 2.05) is 30.3 Å². The Balaban J connectivity index is 1.55. The van der Waals surface area contributed by atoms with Gasteiger partial charge < -0.3 is 10.2 Å². The standard InChI is InChI=1S/C18H21FN4O2/c1-22-15(7-10-21-22)16(24)23-11-8-18(19,9-12-23)17(25)20-13-14-5-3-2-4-6-14/h2-7,10H,8-9,11-13H2,1H3,(H,20,25). The minimum absolute atomic E-state index is 0.00276. The Morgan fingerprint density at radius 2 is 1.88 bits per heavy atom. The van der Waals surface area contributed by atoms with Gasteiger partial charge in [0, 0.05) is 45.7 Å². The number of rotatable bonds is 4. The molecule has 7 heteroatoms. The Morgan fingerprint density at radius 1 is 1.20 bits per heavy atom. The number of likely N-dealkylation sites (tertiary alicyclic amines) is 1. The van der Waals surface area contributed by atoms with Crippen LogP contribution in [0.4, 0.5) is 4.39 Å². The zero-order chi connectivity index (χ0) is 17.9. The molecule has 1 aliphatic heterocycles. The van der Waals surface area contributed by atoms with Crippen molar-refractivity contribution in [1.29, 1.82) is 0 Å². The number of piperidine rings is 1. The third kappa shape index (κ3) is 3.70. The Hall–Kier alpha value is -2.70. The molecule has 0 unspecified atom stereocenters. The molecule has 1 fully saturated rings. The van der Waals surface area contributed by atoms with Crippen molar-refractivity contribution in [2.75, 3.05) is 13.1 Å². The van der Waals surface area contributed by atoms with E-state index >= 15 is 0 Å². The summed E-state index contributed by atoms with van der Waals surface area (Å²) in [7, 11) is 1.69. The number of nitrogens with zero attached hydrogens (tertiary/aromatic N) is 3. The summed E-state index contributed by atoms with van der Waals surface area (Å²) in [5, 5.41) is 6.63. The quantitative estimate of drug-likeness (QED) is 0.918. The molecule has 1 aliphatic rings. The summed E-state index contributed by atoms with van der Waals surface area (Å²) in [5.41, 5.74) is -0.555. The molecule has 0 saturated carbocycles. The lowest BCUT2D eigenvalue weighted by Crippen LogP contribution is -2.52. The van der Waals surface area contributed by atoms with Crippen molar-refractivity contribution >= 4 is 11.8 Å². The topological polar surface area (TPSA) is 67.2 Å². The first kappa shape index (κ1) is 17.1. The van der Waals surface area contributed by atoms with Crippen LogP contribution >= 0.6 is 0 Å². The lowest BCUT2D eigenvalue weighted by Gasteiger charge is -2.35. The smallest absolute Gasteiger partial charge is 0.272 e. The van der Waals surface area contributed by atoms with Crippen molar-refractivity contribution in [3.63, 3.8) is 0 Å². The van der Waals surface area contributed by atoms with Crippen molar-refractivity contribution in [3.05, 3.63) is 53.9 Å². The lowest BCUT2D eigenvalue weighted by molar-refractivity contribution is -0.135. The van der Waals surface area contributed by atoms with Crippen molar-refractivity contribution in [2.24, 2.45) is 7.05 Å². The summed E-state index contributed by atoms with van der Waals surface area (Å²) in [6, 6.07) is 11.0. The number of benzene rings is 1. The van der Waals surface area contributed by atoms with Gasteiger partial charge in [-0.1, -0.05) is 30.3 Å². The van der Waals surface area contributed by atoms with Gasteiger partial charge in [-0.05, 0) is 11.6 Å². The molecule has 0 aliphatic carbocycles. The average Bonchev–Trinajstić information content (AvgIpc) is 3.06. The summed E-state index contributed by atoms with van der Waals surface area (Å²) < 4.78 is 16.5. The fourth-order valence-electron chi connectivity index (χ4n) is 2.97. The van der Waals surface area contributed by atoms with Crippen LogP contribution in [0.5, 0.6) is 0 Å². The van der Waals surface area contributed by atoms with Gasteiger partial charge in [0.05, 0.1) is 0 Å². The Morgan fingerprint density at radius 3 is 2.48 bits per heavy atom. The van der Waals surface area contributed by atoms with Gasteiger partial charge in [0.2, 0.25) is 0 Å². The summed E-state index contributed by atoms with van der Waals surface area (Å²) in [4.78, 5) is 26.2. The second-order valence-electron chi connectivity index (χ2n) is 6.27. The molecule has 0 atom stereocenters. The lowest BCUT2D eigenvalue weighted by atomic mass is 9.92. The molecule has 1 aromatic carbocycles.